The van der Waals surface area contributed by atoms with Gasteiger partial charge in [0.05, 0.1) is 12.7 Å². The first-order valence-corrected chi connectivity index (χ1v) is 13.1. The summed E-state index contributed by atoms with van der Waals surface area (Å²) in [5.41, 5.74) is 4.14. The molecule has 1 aromatic carbocycles. The second-order valence-corrected chi connectivity index (χ2v) is 12.0. The third-order valence-corrected chi connectivity index (χ3v) is 11.0. The summed E-state index contributed by atoms with van der Waals surface area (Å²) in [6.07, 6.45) is 14.2. The van der Waals surface area contributed by atoms with Crippen LogP contribution >= 0.6 is 0 Å². The van der Waals surface area contributed by atoms with Gasteiger partial charge in [-0.2, -0.15) is 0 Å². The first-order valence-electron chi connectivity index (χ1n) is 13.1. The van der Waals surface area contributed by atoms with Crippen LogP contribution in [0.5, 0.6) is 0 Å². The van der Waals surface area contributed by atoms with Crippen molar-refractivity contribution in [1.82, 2.24) is 4.90 Å². The Balaban J connectivity index is 1.19. The van der Waals surface area contributed by atoms with Crippen molar-refractivity contribution in [1.29, 1.82) is 0 Å². The number of benzene rings is 1. The zero-order chi connectivity index (χ0) is 21.2. The number of hydrogen-bond donors (Lipinski definition) is 0. The van der Waals surface area contributed by atoms with Gasteiger partial charge in [0, 0.05) is 12.6 Å². The SMILES string of the molecule is CC1C2CCC3C4CC=C5CC(OCc6ccccc6)CCC5(C)C4CCC32CN1C. The average Bonchev–Trinajstić information content (AvgIpc) is 3.27. The highest BCUT2D eigenvalue weighted by Crippen LogP contribution is 2.68. The van der Waals surface area contributed by atoms with Crippen LogP contribution in [-0.2, 0) is 11.3 Å². The van der Waals surface area contributed by atoms with Crippen molar-refractivity contribution in [2.24, 2.45) is 34.5 Å². The molecule has 2 heteroatoms. The predicted molar refractivity (Wildman–Crippen MR) is 127 cm³/mol. The Kier molecular flexibility index (Phi) is 4.93. The molecule has 31 heavy (non-hydrogen) atoms. The van der Waals surface area contributed by atoms with E-state index in [0.717, 1.165) is 36.3 Å². The molecule has 8 unspecified atom stereocenters. The van der Waals surface area contributed by atoms with Crippen LogP contribution in [0.25, 0.3) is 0 Å². The van der Waals surface area contributed by atoms with Crippen LogP contribution in [0, 0.1) is 34.5 Å². The van der Waals surface area contributed by atoms with Crippen molar-refractivity contribution in [3.63, 3.8) is 0 Å². The molecule has 168 valence electrons. The van der Waals surface area contributed by atoms with Gasteiger partial charge >= 0.3 is 0 Å². The van der Waals surface area contributed by atoms with Gasteiger partial charge in [0.15, 0.2) is 0 Å². The highest BCUT2D eigenvalue weighted by atomic mass is 16.5. The number of rotatable bonds is 3. The summed E-state index contributed by atoms with van der Waals surface area (Å²) in [5, 5.41) is 0. The lowest BCUT2D eigenvalue weighted by atomic mass is 9.47. The molecule has 0 amide bonds. The number of fused-ring (bicyclic) bond motifs is 4. The van der Waals surface area contributed by atoms with Crippen molar-refractivity contribution in [3.8, 4) is 0 Å². The summed E-state index contributed by atoms with van der Waals surface area (Å²) in [6, 6.07) is 11.5. The smallest absolute Gasteiger partial charge is 0.0720 e. The predicted octanol–water partition coefficient (Wildman–Crippen LogP) is 6.46. The van der Waals surface area contributed by atoms with Gasteiger partial charge < -0.3 is 9.64 Å². The standard InChI is InChI=1S/C29H41NO/c1-20-25-11-12-27-24-10-9-22-17-23(31-18-21-7-5-4-6-8-21)13-15-28(22,2)26(24)14-16-29(25,27)19-30(20)3/h4-9,20,23-27H,10-19H2,1-3H3. The van der Waals surface area contributed by atoms with Crippen LogP contribution in [0.1, 0.15) is 70.8 Å². The summed E-state index contributed by atoms with van der Waals surface area (Å²) in [4.78, 5) is 2.69. The quantitative estimate of drug-likeness (QED) is 0.521. The second-order valence-electron chi connectivity index (χ2n) is 12.0. The highest BCUT2D eigenvalue weighted by molar-refractivity contribution is 5.26. The summed E-state index contributed by atoms with van der Waals surface area (Å²) < 4.78 is 6.40. The van der Waals surface area contributed by atoms with E-state index in [1.807, 2.05) is 0 Å². The van der Waals surface area contributed by atoms with Crippen molar-refractivity contribution >= 4 is 0 Å². The van der Waals surface area contributed by atoms with Crippen molar-refractivity contribution < 1.29 is 4.74 Å². The van der Waals surface area contributed by atoms with E-state index in [9.17, 15) is 0 Å². The monoisotopic (exact) mass is 419 g/mol. The van der Waals surface area contributed by atoms with Crippen LogP contribution in [0.3, 0.4) is 0 Å². The molecule has 1 saturated heterocycles. The Bertz CT molecular complexity index is 848. The van der Waals surface area contributed by atoms with E-state index < -0.39 is 0 Å². The summed E-state index contributed by atoms with van der Waals surface area (Å²) >= 11 is 0. The Morgan fingerprint density at radius 1 is 1.00 bits per heavy atom. The Labute approximate surface area is 189 Å². The zero-order valence-corrected chi connectivity index (χ0v) is 19.9. The second kappa shape index (κ2) is 7.45. The molecule has 8 atom stereocenters. The molecule has 5 aliphatic rings. The Morgan fingerprint density at radius 2 is 1.81 bits per heavy atom. The molecule has 4 aliphatic carbocycles. The highest BCUT2D eigenvalue weighted by Gasteiger charge is 2.63. The molecule has 0 aromatic heterocycles. The van der Waals surface area contributed by atoms with Crippen LogP contribution in [0.15, 0.2) is 42.0 Å². The number of allylic oxidation sites excluding steroid dienone is 1. The molecule has 1 heterocycles. The van der Waals surface area contributed by atoms with E-state index in [0.29, 0.717) is 16.9 Å². The minimum Gasteiger partial charge on any atom is -0.373 e. The van der Waals surface area contributed by atoms with Gasteiger partial charge in [-0.05, 0) is 105 Å². The van der Waals surface area contributed by atoms with Crippen molar-refractivity contribution in [2.45, 2.75) is 84.0 Å². The van der Waals surface area contributed by atoms with E-state index in [1.54, 1.807) is 5.57 Å². The Morgan fingerprint density at radius 3 is 2.65 bits per heavy atom. The molecular weight excluding hydrogens is 378 g/mol. The fourth-order valence-electron chi connectivity index (χ4n) is 9.36. The average molecular weight is 420 g/mol. The molecule has 4 fully saturated rings. The summed E-state index contributed by atoms with van der Waals surface area (Å²) in [7, 11) is 2.39. The lowest BCUT2D eigenvalue weighted by Gasteiger charge is -2.58. The molecular formula is C29H41NO. The Hall–Kier alpha value is -1.12. The summed E-state index contributed by atoms with van der Waals surface area (Å²) in [6.45, 7) is 7.27. The molecule has 1 aromatic rings. The summed E-state index contributed by atoms with van der Waals surface area (Å²) in [5.74, 6) is 3.79. The van der Waals surface area contributed by atoms with Gasteiger partial charge in [0.1, 0.15) is 0 Å². The maximum Gasteiger partial charge on any atom is 0.0720 e. The number of hydrogen-bond acceptors (Lipinski definition) is 2. The minimum absolute atomic E-state index is 0.409. The number of nitrogens with zero attached hydrogens (tertiary/aromatic N) is 1. The van der Waals surface area contributed by atoms with Gasteiger partial charge in [-0.3, -0.25) is 0 Å². The lowest BCUT2D eigenvalue weighted by Crippen LogP contribution is -2.51. The van der Waals surface area contributed by atoms with Crippen LogP contribution in [0.2, 0.25) is 0 Å². The maximum absolute atomic E-state index is 6.40. The van der Waals surface area contributed by atoms with Gasteiger partial charge in [0.2, 0.25) is 0 Å². The largest absolute Gasteiger partial charge is 0.373 e. The lowest BCUT2D eigenvalue weighted by molar-refractivity contribution is -0.0584. The number of likely N-dealkylation sites (tertiary alicyclic amines) is 1. The molecule has 6 rings (SSSR count). The van der Waals surface area contributed by atoms with Crippen LogP contribution in [-0.4, -0.2) is 30.6 Å². The van der Waals surface area contributed by atoms with E-state index in [-0.39, 0.29) is 0 Å². The molecule has 0 radical (unpaired) electrons. The van der Waals surface area contributed by atoms with Crippen LogP contribution < -0.4 is 0 Å². The third-order valence-electron chi connectivity index (χ3n) is 11.0. The fourth-order valence-corrected chi connectivity index (χ4v) is 9.36. The molecule has 1 aliphatic heterocycles. The van der Waals surface area contributed by atoms with E-state index in [4.69, 9.17) is 4.74 Å². The zero-order valence-electron chi connectivity index (χ0n) is 19.9. The molecule has 0 bridgehead atoms. The molecule has 3 saturated carbocycles. The molecule has 0 N–H and O–H groups in total. The first kappa shape index (κ1) is 20.5. The fraction of sp³-hybridized carbons (Fsp3) is 0.724. The van der Waals surface area contributed by atoms with Gasteiger partial charge in [-0.25, -0.2) is 0 Å². The maximum atomic E-state index is 6.40. The van der Waals surface area contributed by atoms with Crippen molar-refractivity contribution in [2.75, 3.05) is 13.6 Å². The minimum atomic E-state index is 0.409. The van der Waals surface area contributed by atoms with Crippen molar-refractivity contribution in [3.05, 3.63) is 47.5 Å². The first-order chi connectivity index (χ1) is 15.0. The van der Waals surface area contributed by atoms with Crippen LogP contribution in [0.4, 0.5) is 0 Å². The van der Waals surface area contributed by atoms with E-state index >= 15 is 0 Å². The van der Waals surface area contributed by atoms with E-state index in [2.05, 4.69) is 62.2 Å². The van der Waals surface area contributed by atoms with Gasteiger partial charge in [-0.1, -0.05) is 48.9 Å². The van der Waals surface area contributed by atoms with Gasteiger partial charge in [-0.15, -0.1) is 0 Å². The van der Waals surface area contributed by atoms with E-state index in [1.165, 1.54) is 63.5 Å². The third kappa shape index (κ3) is 3.04. The normalized spacial score (nSPS) is 46.6. The van der Waals surface area contributed by atoms with Gasteiger partial charge in [0.25, 0.3) is 0 Å². The molecule has 1 spiro atoms. The topological polar surface area (TPSA) is 12.5 Å². The number of ether oxygens (including phenoxy) is 1. The molecule has 2 nitrogen and oxygen atoms in total.